The van der Waals surface area contributed by atoms with Crippen molar-refractivity contribution in [1.29, 1.82) is 0 Å². The maximum Gasteiger partial charge on any atom is 0.232 e. The molecule has 1 aromatic heterocycles. The summed E-state index contributed by atoms with van der Waals surface area (Å²) in [5.41, 5.74) is -0.0649. The van der Waals surface area contributed by atoms with Gasteiger partial charge in [-0.3, -0.25) is 4.90 Å². The van der Waals surface area contributed by atoms with Crippen LogP contribution in [0.2, 0.25) is 0 Å². The maximum absolute atomic E-state index is 5.38. The van der Waals surface area contributed by atoms with Crippen LogP contribution in [0.4, 0.5) is 0 Å². The van der Waals surface area contributed by atoms with Gasteiger partial charge in [-0.15, -0.1) is 0 Å². The molecule has 106 valence electrons. The number of hydrogen-bond donors (Lipinski definition) is 1. The highest BCUT2D eigenvalue weighted by Crippen LogP contribution is 2.27. The molecule has 0 saturated carbocycles. The highest BCUT2D eigenvalue weighted by molar-refractivity contribution is 5.00. The normalized spacial score (nSPS) is 28.6. The van der Waals surface area contributed by atoms with Gasteiger partial charge in [-0.25, -0.2) is 0 Å². The summed E-state index contributed by atoms with van der Waals surface area (Å²) in [6, 6.07) is 0.658. The van der Waals surface area contributed by atoms with E-state index in [2.05, 4.69) is 41.1 Å². The molecule has 2 aliphatic rings. The van der Waals surface area contributed by atoms with Crippen molar-refractivity contribution in [2.75, 3.05) is 19.6 Å². The highest BCUT2D eigenvalue weighted by atomic mass is 16.5. The predicted octanol–water partition coefficient (Wildman–Crippen LogP) is 1.55. The first kappa shape index (κ1) is 13.1. The Morgan fingerprint density at radius 3 is 2.95 bits per heavy atom. The van der Waals surface area contributed by atoms with Gasteiger partial charge < -0.3 is 9.84 Å². The van der Waals surface area contributed by atoms with E-state index in [1.54, 1.807) is 0 Å². The Balaban J connectivity index is 1.69. The van der Waals surface area contributed by atoms with Crippen molar-refractivity contribution in [3.8, 4) is 0 Å². The van der Waals surface area contributed by atoms with Crippen molar-refractivity contribution in [2.45, 2.75) is 51.6 Å². The van der Waals surface area contributed by atoms with E-state index in [4.69, 9.17) is 4.52 Å². The number of nitrogens with zero attached hydrogens (tertiary/aromatic N) is 3. The summed E-state index contributed by atoms with van der Waals surface area (Å²) in [4.78, 5) is 7.07. The summed E-state index contributed by atoms with van der Waals surface area (Å²) < 4.78 is 5.38. The van der Waals surface area contributed by atoms with E-state index in [9.17, 15) is 0 Å². The van der Waals surface area contributed by atoms with Crippen molar-refractivity contribution in [2.24, 2.45) is 5.92 Å². The number of fused-ring (bicyclic) bond motifs is 1. The molecular weight excluding hydrogens is 240 g/mol. The number of hydrogen-bond acceptors (Lipinski definition) is 5. The van der Waals surface area contributed by atoms with Crippen LogP contribution in [0.5, 0.6) is 0 Å². The average Bonchev–Trinajstić information content (AvgIpc) is 2.96. The van der Waals surface area contributed by atoms with Gasteiger partial charge in [-0.2, -0.15) is 4.98 Å². The molecule has 19 heavy (non-hydrogen) atoms. The van der Waals surface area contributed by atoms with Gasteiger partial charge in [-0.1, -0.05) is 25.9 Å². The zero-order chi connectivity index (χ0) is 13.5. The predicted molar refractivity (Wildman–Crippen MR) is 72.8 cm³/mol. The fourth-order valence-electron chi connectivity index (χ4n) is 3.16. The summed E-state index contributed by atoms with van der Waals surface area (Å²) in [6.45, 7) is 10.5. The van der Waals surface area contributed by atoms with Crippen LogP contribution in [0.3, 0.4) is 0 Å². The number of piperidine rings is 1. The van der Waals surface area contributed by atoms with Gasteiger partial charge >= 0.3 is 0 Å². The van der Waals surface area contributed by atoms with Crippen LogP contribution in [0.1, 0.15) is 45.3 Å². The van der Waals surface area contributed by atoms with Gasteiger partial charge in [-0.05, 0) is 31.8 Å². The summed E-state index contributed by atoms with van der Waals surface area (Å²) >= 11 is 0. The third-order valence-electron chi connectivity index (χ3n) is 4.25. The lowest BCUT2D eigenvalue weighted by Gasteiger charge is -2.36. The van der Waals surface area contributed by atoms with E-state index in [0.29, 0.717) is 6.04 Å². The third-order valence-corrected chi connectivity index (χ3v) is 4.25. The van der Waals surface area contributed by atoms with Crippen molar-refractivity contribution in [3.63, 3.8) is 0 Å². The lowest BCUT2D eigenvalue weighted by atomic mass is 9.92. The van der Waals surface area contributed by atoms with Crippen LogP contribution >= 0.6 is 0 Å². The Labute approximate surface area is 114 Å². The van der Waals surface area contributed by atoms with Gasteiger partial charge in [0.05, 0.1) is 6.54 Å². The second-order valence-corrected chi connectivity index (χ2v) is 6.86. The van der Waals surface area contributed by atoms with Gasteiger partial charge in [0, 0.05) is 18.0 Å². The minimum atomic E-state index is -0.0649. The van der Waals surface area contributed by atoms with Crippen LogP contribution in [-0.2, 0) is 12.0 Å². The first-order chi connectivity index (χ1) is 9.04. The minimum absolute atomic E-state index is 0.0649. The summed E-state index contributed by atoms with van der Waals surface area (Å²) in [5.74, 6) is 2.38. The number of likely N-dealkylation sites (tertiary alicyclic amines) is 1. The molecule has 0 aromatic carbocycles. The van der Waals surface area contributed by atoms with E-state index in [-0.39, 0.29) is 5.41 Å². The second-order valence-electron chi connectivity index (χ2n) is 6.86. The molecule has 2 atom stereocenters. The molecule has 5 nitrogen and oxygen atoms in total. The molecule has 2 fully saturated rings. The Morgan fingerprint density at radius 2 is 2.21 bits per heavy atom. The first-order valence-electron chi connectivity index (χ1n) is 7.32. The molecule has 0 aliphatic carbocycles. The van der Waals surface area contributed by atoms with E-state index in [1.165, 1.54) is 19.4 Å². The molecule has 0 radical (unpaired) electrons. The fourth-order valence-corrected chi connectivity index (χ4v) is 3.16. The second kappa shape index (κ2) is 4.87. The largest absolute Gasteiger partial charge is 0.339 e. The van der Waals surface area contributed by atoms with Crippen molar-refractivity contribution in [1.82, 2.24) is 20.4 Å². The van der Waals surface area contributed by atoms with Gasteiger partial charge in [0.15, 0.2) is 5.82 Å². The third kappa shape index (κ3) is 2.67. The molecule has 1 N–H and O–H groups in total. The van der Waals surface area contributed by atoms with E-state index in [1.807, 2.05) is 0 Å². The molecule has 2 saturated heterocycles. The van der Waals surface area contributed by atoms with Gasteiger partial charge in [0.25, 0.3) is 0 Å². The number of nitrogens with one attached hydrogen (secondary N) is 1. The van der Waals surface area contributed by atoms with E-state index >= 15 is 0 Å². The Hall–Kier alpha value is -0.940. The smallest absolute Gasteiger partial charge is 0.232 e. The Kier molecular flexibility index (Phi) is 3.35. The van der Waals surface area contributed by atoms with Gasteiger partial charge in [0.2, 0.25) is 5.89 Å². The molecule has 3 heterocycles. The molecule has 3 rings (SSSR count). The van der Waals surface area contributed by atoms with Crippen molar-refractivity contribution < 1.29 is 4.52 Å². The zero-order valence-corrected chi connectivity index (χ0v) is 12.1. The number of aromatic nitrogens is 2. The monoisotopic (exact) mass is 264 g/mol. The summed E-state index contributed by atoms with van der Waals surface area (Å²) in [5, 5.41) is 7.65. The maximum atomic E-state index is 5.38. The fraction of sp³-hybridized carbons (Fsp3) is 0.857. The molecule has 2 aliphatic heterocycles. The molecule has 2 unspecified atom stereocenters. The number of rotatable bonds is 2. The van der Waals surface area contributed by atoms with Crippen LogP contribution < -0.4 is 5.32 Å². The molecule has 0 bridgehead atoms. The highest BCUT2D eigenvalue weighted by Gasteiger charge is 2.35. The van der Waals surface area contributed by atoms with Gasteiger partial charge in [0.1, 0.15) is 0 Å². The van der Waals surface area contributed by atoms with Crippen molar-refractivity contribution in [3.05, 3.63) is 11.7 Å². The Morgan fingerprint density at radius 1 is 1.37 bits per heavy atom. The first-order valence-corrected chi connectivity index (χ1v) is 7.32. The summed E-state index contributed by atoms with van der Waals surface area (Å²) in [7, 11) is 0. The van der Waals surface area contributed by atoms with Crippen LogP contribution in [0.25, 0.3) is 0 Å². The average molecular weight is 264 g/mol. The molecule has 5 heteroatoms. The lowest BCUT2D eigenvalue weighted by molar-refractivity contribution is 0.113. The SMILES string of the molecule is CC(C)(C)c1nc(CN2CCCC3CNCC32)no1. The molecule has 0 amide bonds. The van der Waals surface area contributed by atoms with Crippen LogP contribution in [-0.4, -0.2) is 40.7 Å². The van der Waals surface area contributed by atoms with E-state index < -0.39 is 0 Å². The Bertz CT molecular complexity index is 437. The zero-order valence-electron chi connectivity index (χ0n) is 12.1. The van der Waals surface area contributed by atoms with Crippen molar-refractivity contribution >= 4 is 0 Å². The van der Waals surface area contributed by atoms with E-state index in [0.717, 1.165) is 37.3 Å². The quantitative estimate of drug-likeness (QED) is 0.878. The summed E-state index contributed by atoms with van der Waals surface area (Å²) in [6.07, 6.45) is 2.64. The minimum Gasteiger partial charge on any atom is -0.339 e. The van der Waals surface area contributed by atoms with Crippen LogP contribution in [0.15, 0.2) is 4.52 Å². The topological polar surface area (TPSA) is 54.2 Å². The molecule has 0 spiro atoms. The molecule has 1 aromatic rings. The lowest BCUT2D eigenvalue weighted by Crippen LogP contribution is -2.44. The molecular formula is C14H24N4O. The van der Waals surface area contributed by atoms with Crippen LogP contribution in [0, 0.1) is 5.92 Å². The standard InChI is InChI=1S/C14H24N4O/c1-14(2,3)13-16-12(17-19-13)9-18-6-4-5-10-7-15-8-11(10)18/h10-11,15H,4-9H2,1-3H3.